The Morgan fingerprint density at radius 2 is 1.50 bits per heavy atom. The Morgan fingerprint density at radius 3 is 2.27 bits per heavy atom. The standard InChI is InChI=1S/C26H25/c1-3-4-10-20-17-22-16-15-19(2)26(25(22)18-20)24-14-9-8-13-23(24)21-11-6-5-7-12-21/h5-9,11-18H,3-4,10H2,1-2H3. The van der Waals surface area contributed by atoms with Gasteiger partial charge in [-0.1, -0.05) is 91.7 Å². The number of hydrogen-bond acceptors (Lipinski definition) is 0. The summed E-state index contributed by atoms with van der Waals surface area (Å²) in [6.45, 7) is 4.49. The van der Waals surface area contributed by atoms with Gasteiger partial charge in [0.1, 0.15) is 0 Å². The maximum atomic E-state index is 2.41. The Kier molecular flexibility index (Phi) is 4.75. The zero-order chi connectivity index (χ0) is 17.9. The molecule has 0 bridgehead atoms. The molecule has 1 aliphatic carbocycles. The van der Waals surface area contributed by atoms with Crippen molar-refractivity contribution in [2.75, 3.05) is 0 Å². The number of fused-ring (bicyclic) bond motifs is 1. The minimum Gasteiger partial charge on any atom is -0.0654 e. The predicted molar refractivity (Wildman–Crippen MR) is 113 cm³/mol. The topological polar surface area (TPSA) is 0 Å². The molecular weight excluding hydrogens is 312 g/mol. The maximum absolute atomic E-state index is 2.41. The Hall–Kier alpha value is -2.60. The van der Waals surface area contributed by atoms with Gasteiger partial charge < -0.3 is 0 Å². The minimum absolute atomic E-state index is 1.17. The lowest BCUT2D eigenvalue weighted by molar-refractivity contribution is 0.797. The fourth-order valence-electron chi connectivity index (χ4n) is 3.91. The molecular formula is C26H25. The van der Waals surface area contributed by atoms with E-state index < -0.39 is 0 Å². The highest BCUT2D eigenvalue weighted by Crippen LogP contribution is 2.42. The van der Waals surface area contributed by atoms with Crippen LogP contribution < -0.4 is 0 Å². The van der Waals surface area contributed by atoms with Crippen LogP contribution in [0.2, 0.25) is 0 Å². The molecule has 0 heterocycles. The third-order valence-electron chi connectivity index (χ3n) is 5.26. The Balaban J connectivity index is 1.87. The highest BCUT2D eigenvalue weighted by Gasteiger charge is 2.20. The number of unbranched alkanes of at least 4 members (excludes halogenated alkanes) is 1. The first-order chi connectivity index (χ1) is 12.8. The highest BCUT2D eigenvalue weighted by atomic mass is 14.2. The molecule has 0 heteroatoms. The molecule has 0 spiro atoms. The zero-order valence-corrected chi connectivity index (χ0v) is 15.6. The molecule has 0 aromatic heterocycles. The van der Waals surface area contributed by atoms with Crippen LogP contribution in [0.4, 0.5) is 0 Å². The smallest absolute Gasteiger partial charge is 0.0164 e. The number of allylic oxidation sites excluding steroid dienone is 1. The van der Waals surface area contributed by atoms with E-state index in [4.69, 9.17) is 0 Å². The summed E-state index contributed by atoms with van der Waals surface area (Å²) in [6, 6.07) is 24.0. The van der Waals surface area contributed by atoms with Gasteiger partial charge in [0.15, 0.2) is 0 Å². The van der Waals surface area contributed by atoms with E-state index in [1.54, 1.807) is 0 Å². The third-order valence-corrected chi connectivity index (χ3v) is 5.26. The number of aryl methyl sites for hydroxylation is 1. The molecule has 1 radical (unpaired) electrons. The zero-order valence-electron chi connectivity index (χ0n) is 15.6. The van der Waals surface area contributed by atoms with Gasteiger partial charge in [-0.05, 0) is 58.7 Å². The van der Waals surface area contributed by atoms with Gasteiger partial charge in [-0.3, -0.25) is 0 Å². The van der Waals surface area contributed by atoms with Crippen LogP contribution in [-0.4, -0.2) is 0 Å². The SMILES string of the molecule is CCCCC1=Cc2c(ccc(C)c2-c2ccccc2-c2ccccc2)[CH]1. The van der Waals surface area contributed by atoms with Gasteiger partial charge >= 0.3 is 0 Å². The van der Waals surface area contributed by atoms with Gasteiger partial charge in [0.05, 0.1) is 0 Å². The Bertz CT molecular complexity index is 945. The van der Waals surface area contributed by atoms with Crippen molar-refractivity contribution in [3.8, 4) is 22.3 Å². The van der Waals surface area contributed by atoms with Crippen LogP contribution >= 0.6 is 0 Å². The molecule has 129 valence electrons. The summed E-state index contributed by atoms with van der Waals surface area (Å²) in [4.78, 5) is 0. The first kappa shape index (κ1) is 16.8. The summed E-state index contributed by atoms with van der Waals surface area (Å²) in [5.74, 6) is 0. The molecule has 0 nitrogen and oxygen atoms in total. The summed E-state index contributed by atoms with van der Waals surface area (Å²) < 4.78 is 0. The molecule has 0 aliphatic heterocycles. The van der Waals surface area contributed by atoms with Gasteiger partial charge in [0.2, 0.25) is 0 Å². The molecule has 3 aromatic carbocycles. The molecule has 0 saturated heterocycles. The van der Waals surface area contributed by atoms with Crippen molar-refractivity contribution in [1.29, 1.82) is 0 Å². The average molecular weight is 337 g/mol. The van der Waals surface area contributed by atoms with E-state index in [-0.39, 0.29) is 0 Å². The van der Waals surface area contributed by atoms with Crippen LogP contribution in [0.5, 0.6) is 0 Å². The second kappa shape index (κ2) is 7.33. The predicted octanol–water partition coefficient (Wildman–Crippen LogP) is 7.47. The van der Waals surface area contributed by atoms with Gasteiger partial charge in [-0.25, -0.2) is 0 Å². The molecule has 0 N–H and O–H groups in total. The summed E-state index contributed by atoms with van der Waals surface area (Å²) >= 11 is 0. The van der Waals surface area contributed by atoms with E-state index >= 15 is 0 Å². The van der Waals surface area contributed by atoms with Crippen molar-refractivity contribution < 1.29 is 0 Å². The minimum atomic E-state index is 1.17. The van der Waals surface area contributed by atoms with Gasteiger partial charge in [-0.15, -0.1) is 0 Å². The van der Waals surface area contributed by atoms with E-state index in [9.17, 15) is 0 Å². The number of rotatable bonds is 5. The van der Waals surface area contributed by atoms with Gasteiger partial charge in [-0.2, -0.15) is 0 Å². The summed E-state index contributed by atoms with van der Waals surface area (Å²) in [6.07, 6.45) is 8.45. The fourth-order valence-corrected chi connectivity index (χ4v) is 3.91. The van der Waals surface area contributed by atoms with Crippen molar-refractivity contribution in [3.63, 3.8) is 0 Å². The Morgan fingerprint density at radius 1 is 0.769 bits per heavy atom. The van der Waals surface area contributed by atoms with E-state index in [2.05, 4.69) is 93.1 Å². The lowest BCUT2D eigenvalue weighted by Gasteiger charge is -2.16. The number of benzene rings is 3. The summed E-state index contributed by atoms with van der Waals surface area (Å²) in [5, 5.41) is 0. The van der Waals surface area contributed by atoms with E-state index in [0.717, 1.165) is 0 Å². The van der Waals surface area contributed by atoms with Gasteiger partial charge in [0, 0.05) is 6.42 Å². The molecule has 3 aromatic rings. The Labute approximate surface area is 157 Å². The lowest BCUT2D eigenvalue weighted by Crippen LogP contribution is -1.93. The van der Waals surface area contributed by atoms with E-state index in [1.807, 2.05) is 0 Å². The van der Waals surface area contributed by atoms with Crippen molar-refractivity contribution in [2.24, 2.45) is 0 Å². The van der Waals surface area contributed by atoms with E-state index in [0.29, 0.717) is 0 Å². The van der Waals surface area contributed by atoms with Crippen molar-refractivity contribution in [2.45, 2.75) is 33.1 Å². The van der Waals surface area contributed by atoms with Crippen molar-refractivity contribution in [3.05, 3.63) is 95.4 Å². The van der Waals surface area contributed by atoms with Crippen LogP contribution in [0.25, 0.3) is 28.3 Å². The van der Waals surface area contributed by atoms with Crippen molar-refractivity contribution in [1.82, 2.24) is 0 Å². The summed E-state index contributed by atoms with van der Waals surface area (Å²) in [5.41, 5.74) is 10.8. The molecule has 0 fully saturated rings. The number of hydrogen-bond donors (Lipinski definition) is 0. The fraction of sp³-hybridized carbons (Fsp3) is 0.192. The molecule has 0 saturated carbocycles. The van der Waals surface area contributed by atoms with Crippen LogP contribution in [0.1, 0.15) is 42.9 Å². The molecule has 0 amide bonds. The lowest BCUT2D eigenvalue weighted by atomic mass is 9.88. The highest BCUT2D eigenvalue weighted by molar-refractivity contribution is 5.92. The molecule has 4 rings (SSSR count). The second-order valence-corrected chi connectivity index (χ2v) is 7.14. The van der Waals surface area contributed by atoms with E-state index in [1.165, 1.54) is 63.8 Å². The maximum Gasteiger partial charge on any atom is 0.0164 e. The van der Waals surface area contributed by atoms with Crippen LogP contribution in [0.15, 0.2) is 72.3 Å². The molecule has 0 unspecified atom stereocenters. The first-order valence-electron chi connectivity index (χ1n) is 9.61. The van der Waals surface area contributed by atoms with Gasteiger partial charge in [0.25, 0.3) is 0 Å². The van der Waals surface area contributed by atoms with Crippen molar-refractivity contribution >= 4 is 6.08 Å². The second-order valence-electron chi connectivity index (χ2n) is 7.14. The monoisotopic (exact) mass is 337 g/mol. The first-order valence-corrected chi connectivity index (χ1v) is 9.61. The third kappa shape index (κ3) is 3.12. The van der Waals surface area contributed by atoms with Crippen LogP contribution in [-0.2, 0) is 0 Å². The average Bonchev–Trinajstić information content (AvgIpc) is 3.10. The van der Waals surface area contributed by atoms with Crippen LogP contribution in [0.3, 0.4) is 0 Å². The quantitative estimate of drug-likeness (QED) is 0.453. The molecule has 26 heavy (non-hydrogen) atoms. The molecule has 0 atom stereocenters. The van der Waals surface area contributed by atoms with Crippen LogP contribution in [0, 0.1) is 13.3 Å². The normalized spacial score (nSPS) is 12.8. The largest absolute Gasteiger partial charge is 0.0654 e. The molecule has 1 aliphatic rings. The summed E-state index contributed by atoms with van der Waals surface area (Å²) in [7, 11) is 0.